The van der Waals surface area contributed by atoms with Gasteiger partial charge in [0.15, 0.2) is 0 Å². The Morgan fingerprint density at radius 3 is 2.56 bits per heavy atom. The van der Waals surface area contributed by atoms with Crippen LogP contribution in [0.4, 0.5) is 0 Å². The molecule has 1 N–H and O–H groups in total. The fourth-order valence-electron chi connectivity index (χ4n) is 4.11. The van der Waals surface area contributed by atoms with Gasteiger partial charge in [0.25, 0.3) is 5.91 Å². The number of amides is 1. The second-order valence-corrected chi connectivity index (χ2v) is 7.30. The van der Waals surface area contributed by atoms with Crippen LogP contribution < -0.4 is 5.32 Å². The number of hydrogen-bond acceptors (Lipinski definition) is 2. The molecule has 1 saturated heterocycles. The smallest absolute Gasteiger partial charge is 0.251 e. The molecule has 1 atom stereocenters. The fourth-order valence-corrected chi connectivity index (χ4v) is 4.11. The molecule has 1 fully saturated rings. The Balaban J connectivity index is 1.41. The minimum absolute atomic E-state index is 0.0365. The quantitative estimate of drug-likeness (QED) is 0.913. The van der Waals surface area contributed by atoms with Crippen LogP contribution in [-0.2, 0) is 13.0 Å². The molecule has 2 aromatic rings. The van der Waals surface area contributed by atoms with E-state index in [0.29, 0.717) is 0 Å². The fraction of sp³-hybridized carbons (Fsp3) is 0.409. The molecule has 1 aliphatic carbocycles. The third-order valence-electron chi connectivity index (χ3n) is 5.50. The molecule has 4 rings (SSSR count). The molecule has 1 unspecified atom stereocenters. The summed E-state index contributed by atoms with van der Waals surface area (Å²) in [5.74, 6) is 0.0365. The molecule has 0 bridgehead atoms. The van der Waals surface area contributed by atoms with Crippen LogP contribution in [0.5, 0.6) is 0 Å². The first-order valence-electron chi connectivity index (χ1n) is 9.49. The molecule has 1 heterocycles. The summed E-state index contributed by atoms with van der Waals surface area (Å²) in [7, 11) is 0. The van der Waals surface area contributed by atoms with Crippen LogP contribution in [0.1, 0.15) is 58.8 Å². The van der Waals surface area contributed by atoms with Crippen molar-refractivity contribution in [3.8, 4) is 0 Å². The van der Waals surface area contributed by atoms with Gasteiger partial charge in [-0.15, -0.1) is 0 Å². The van der Waals surface area contributed by atoms with Gasteiger partial charge in [0.05, 0.1) is 6.04 Å². The number of nitrogens with one attached hydrogen (secondary N) is 1. The first kappa shape index (κ1) is 16.3. The van der Waals surface area contributed by atoms with Gasteiger partial charge in [0, 0.05) is 12.1 Å². The van der Waals surface area contributed by atoms with E-state index in [1.807, 2.05) is 12.1 Å². The maximum atomic E-state index is 12.7. The average molecular weight is 334 g/mol. The van der Waals surface area contributed by atoms with Gasteiger partial charge in [-0.2, -0.15) is 0 Å². The lowest BCUT2D eigenvalue weighted by atomic mass is 9.87. The molecule has 3 nitrogen and oxygen atoms in total. The van der Waals surface area contributed by atoms with Crippen molar-refractivity contribution in [1.29, 1.82) is 0 Å². The highest BCUT2D eigenvalue weighted by atomic mass is 16.1. The monoisotopic (exact) mass is 334 g/mol. The number of likely N-dealkylation sites (tertiary alicyclic amines) is 1. The molecule has 0 aromatic heterocycles. The Kier molecular flexibility index (Phi) is 4.84. The summed E-state index contributed by atoms with van der Waals surface area (Å²) in [4.78, 5) is 15.1. The zero-order chi connectivity index (χ0) is 17.1. The predicted molar refractivity (Wildman–Crippen MR) is 101 cm³/mol. The molecule has 130 valence electrons. The van der Waals surface area contributed by atoms with E-state index in [2.05, 4.69) is 46.6 Å². The van der Waals surface area contributed by atoms with Crippen LogP contribution in [0.3, 0.4) is 0 Å². The van der Waals surface area contributed by atoms with Crippen molar-refractivity contribution < 1.29 is 4.79 Å². The summed E-state index contributed by atoms with van der Waals surface area (Å²) < 4.78 is 0. The van der Waals surface area contributed by atoms with E-state index >= 15 is 0 Å². The zero-order valence-corrected chi connectivity index (χ0v) is 14.7. The molecule has 1 aliphatic heterocycles. The highest BCUT2D eigenvalue weighted by Crippen LogP contribution is 2.29. The van der Waals surface area contributed by atoms with Crippen molar-refractivity contribution in [1.82, 2.24) is 10.2 Å². The normalized spacial score (nSPS) is 20.2. The van der Waals surface area contributed by atoms with E-state index in [1.54, 1.807) is 0 Å². The van der Waals surface area contributed by atoms with Crippen LogP contribution in [0.25, 0.3) is 0 Å². The van der Waals surface area contributed by atoms with Gasteiger partial charge < -0.3 is 5.32 Å². The lowest BCUT2D eigenvalue weighted by Crippen LogP contribution is -2.31. The number of fused-ring (bicyclic) bond motifs is 1. The Morgan fingerprint density at radius 2 is 1.76 bits per heavy atom. The first-order chi connectivity index (χ1) is 12.3. The van der Waals surface area contributed by atoms with Crippen molar-refractivity contribution in [2.45, 2.75) is 44.7 Å². The lowest BCUT2D eigenvalue weighted by molar-refractivity contribution is 0.0932. The highest BCUT2D eigenvalue weighted by Gasteiger charge is 2.21. The van der Waals surface area contributed by atoms with Gasteiger partial charge in [-0.05, 0) is 74.0 Å². The number of carbonyl (C=O) groups is 1. The van der Waals surface area contributed by atoms with Gasteiger partial charge in [0.2, 0.25) is 0 Å². The van der Waals surface area contributed by atoms with Gasteiger partial charge in [-0.1, -0.05) is 36.4 Å². The summed E-state index contributed by atoms with van der Waals surface area (Å²) in [6, 6.07) is 16.8. The van der Waals surface area contributed by atoms with Crippen molar-refractivity contribution in [3.05, 3.63) is 70.8 Å². The summed E-state index contributed by atoms with van der Waals surface area (Å²) in [6.45, 7) is 3.39. The molecule has 0 saturated carbocycles. The molecule has 0 spiro atoms. The molecular formula is C22H26N2O. The largest absolute Gasteiger partial charge is 0.345 e. The van der Waals surface area contributed by atoms with Gasteiger partial charge in [-0.25, -0.2) is 0 Å². The predicted octanol–water partition coefficient (Wildman–Crippen LogP) is 4.09. The Labute approximate surface area is 150 Å². The number of hydrogen-bond donors (Lipinski definition) is 1. The Hall–Kier alpha value is -2.13. The third-order valence-corrected chi connectivity index (χ3v) is 5.50. The van der Waals surface area contributed by atoms with Crippen molar-refractivity contribution in [3.63, 3.8) is 0 Å². The van der Waals surface area contributed by atoms with Gasteiger partial charge >= 0.3 is 0 Å². The third kappa shape index (κ3) is 3.77. The second kappa shape index (κ2) is 7.40. The van der Waals surface area contributed by atoms with Crippen LogP contribution in [0.15, 0.2) is 48.5 Å². The summed E-state index contributed by atoms with van der Waals surface area (Å²) in [5, 5.41) is 3.23. The maximum absolute atomic E-state index is 12.7. The van der Waals surface area contributed by atoms with Crippen LogP contribution in [0, 0.1) is 0 Å². The summed E-state index contributed by atoms with van der Waals surface area (Å²) >= 11 is 0. The van der Waals surface area contributed by atoms with E-state index in [-0.39, 0.29) is 11.9 Å². The molecule has 0 radical (unpaired) electrons. The summed E-state index contributed by atoms with van der Waals surface area (Å²) in [6.07, 6.45) is 5.90. The highest BCUT2D eigenvalue weighted by molar-refractivity contribution is 5.94. The molecule has 2 aromatic carbocycles. The SMILES string of the molecule is O=C(NC1CCCc2ccccc21)c1ccc(CN2CCCC2)cc1. The van der Waals surface area contributed by atoms with Crippen LogP contribution in [-0.4, -0.2) is 23.9 Å². The zero-order valence-electron chi connectivity index (χ0n) is 14.7. The number of rotatable bonds is 4. The topological polar surface area (TPSA) is 32.3 Å². The van der Waals surface area contributed by atoms with Gasteiger partial charge in [0.1, 0.15) is 0 Å². The van der Waals surface area contributed by atoms with E-state index in [4.69, 9.17) is 0 Å². The standard InChI is InChI=1S/C22H26N2O/c25-22(23-21-9-5-7-18-6-1-2-8-20(18)21)19-12-10-17(11-13-19)16-24-14-3-4-15-24/h1-2,6,8,10-13,21H,3-5,7,9,14-16H2,(H,23,25). The maximum Gasteiger partial charge on any atom is 0.251 e. The van der Waals surface area contributed by atoms with Crippen molar-refractivity contribution in [2.24, 2.45) is 0 Å². The minimum atomic E-state index is 0.0365. The molecular weight excluding hydrogens is 308 g/mol. The van der Waals surface area contributed by atoms with E-state index in [9.17, 15) is 4.79 Å². The Morgan fingerprint density at radius 1 is 1.00 bits per heavy atom. The molecule has 2 aliphatic rings. The first-order valence-corrected chi connectivity index (χ1v) is 9.49. The van der Waals surface area contributed by atoms with E-state index in [0.717, 1.165) is 31.4 Å². The summed E-state index contributed by atoms with van der Waals surface area (Å²) in [5.41, 5.74) is 4.71. The number of benzene rings is 2. The molecule has 1 amide bonds. The van der Waals surface area contributed by atoms with Crippen LogP contribution in [0.2, 0.25) is 0 Å². The minimum Gasteiger partial charge on any atom is -0.345 e. The van der Waals surface area contributed by atoms with Gasteiger partial charge in [-0.3, -0.25) is 9.69 Å². The second-order valence-electron chi connectivity index (χ2n) is 7.30. The van der Waals surface area contributed by atoms with E-state index in [1.165, 1.54) is 42.6 Å². The average Bonchev–Trinajstić information content (AvgIpc) is 3.16. The number of aryl methyl sites for hydroxylation is 1. The van der Waals surface area contributed by atoms with Crippen LogP contribution >= 0.6 is 0 Å². The Bertz CT molecular complexity index is 732. The number of carbonyl (C=O) groups excluding carboxylic acids is 1. The number of nitrogens with zero attached hydrogens (tertiary/aromatic N) is 1. The molecule has 25 heavy (non-hydrogen) atoms. The van der Waals surface area contributed by atoms with E-state index < -0.39 is 0 Å². The van der Waals surface area contributed by atoms with Crippen molar-refractivity contribution >= 4 is 5.91 Å². The van der Waals surface area contributed by atoms with Crippen molar-refractivity contribution in [2.75, 3.05) is 13.1 Å². The molecule has 3 heteroatoms. The lowest BCUT2D eigenvalue weighted by Gasteiger charge is -2.26.